The van der Waals surface area contributed by atoms with E-state index < -0.39 is 0 Å². The summed E-state index contributed by atoms with van der Waals surface area (Å²) in [5.74, 6) is 0.609. The van der Waals surface area contributed by atoms with Crippen LogP contribution in [0.4, 0.5) is 4.39 Å². The molecule has 7 heteroatoms. The molecule has 3 aromatic rings. The summed E-state index contributed by atoms with van der Waals surface area (Å²) in [7, 11) is 1.95. The van der Waals surface area contributed by atoms with Crippen LogP contribution in [0.25, 0.3) is 0 Å². The maximum atomic E-state index is 14.3. The fraction of sp³-hybridized carbons (Fsp3) is 0.556. The van der Waals surface area contributed by atoms with Gasteiger partial charge in [-0.2, -0.15) is 5.10 Å². The van der Waals surface area contributed by atoms with Crippen molar-refractivity contribution in [2.75, 3.05) is 33.2 Å². The van der Waals surface area contributed by atoms with Crippen molar-refractivity contribution in [3.05, 3.63) is 89.0 Å². The number of halogens is 1. The number of aryl methyl sites for hydroxylation is 1. The molecular formula is C36H49FN4O2. The number of carbonyl (C=O) groups excluding carboxylic acids is 1. The monoisotopic (exact) mass is 588 g/mol. The number of benzene rings is 2. The second-order valence-corrected chi connectivity index (χ2v) is 13.6. The SMILES string of the molecule is CCn1nc(Cc2ccccc2)cc1C1CCN(C[C@H]2C[C@H](OC(=O)CN(C)C(C)(C)C)C[C@@H]2c2cccc(F)c2)CC1. The summed E-state index contributed by atoms with van der Waals surface area (Å²) in [6.45, 7) is 12.6. The van der Waals surface area contributed by atoms with Crippen molar-refractivity contribution in [3.63, 3.8) is 0 Å². The Morgan fingerprint density at radius 1 is 1.05 bits per heavy atom. The molecule has 1 aromatic heterocycles. The quantitative estimate of drug-likeness (QED) is 0.248. The number of rotatable bonds is 10. The maximum Gasteiger partial charge on any atom is 0.320 e. The summed E-state index contributed by atoms with van der Waals surface area (Å²) < 4.78 is 22.5. The molecule has 0 amide bonds. The smallest absolute Gasteiger partial charge is 0.320 e. The highest BCUT2D eigenvalue weighted by atomic mass is 19.1. The van der Waals surface area contributed by atoms with Gasteiger partial charge in [-0.15, -0.1) is 0 Å². The van der Waals surface area contributed by atoms with Crippen LogP contribution in [0.15, 0.2) is 60.7 Å². The summed E-state index contributed by atoms with van der Waals surface area (Å²) in [5.41, 5.74) is 4.70. The predicted molar refractivity (Wildman–Crippen MR) is 170 cm³/mol. The van der Waals surface area contributed by atoms with Gasteiger partial charge in [0.1, 0.15) is 11.9 Å². The lowest BCUT2D eigenvalue weighted by Crippen LogP contribution is -2.42. The number of hydrogen-bond acceptors (Lipinski definition) is 5. The third kappa shape index (κ3) is 8.12. The molecule has 1 saturated heterocycles. The minimum atomic E-state index is -0.205. The largest absolute Gasteiger partial charge is 0.461 e. The highest BCUT2D eigenvalue weighted by Gasteiger charge is 2.39. The minimum absolute atomic E-state index is 0.105. The second kappa shape index (κ2) is 13.7. The number of likely N-dealkylation sites (tertiary alicyclic amines) is 1. The van der Waals surface area contributed by atoms with E-state index in [2.05, 4.69) is 73.7 Å². The van der Waals surface area contributed by atoms with Gasteiger partial charge in [0.2, 0.25) is 0 Å². The van der Waals surface area contributed by atoms with Crippen LogP contribution in [0, 0.1) is 11.7 Å². The summed E-state index contributed by atoms with van der Waals surface area (Å²) in [6.07, 6.45) is 4.49. The summed E-state index contributed by atoms with van der Waals surface area (Å²) >= 11 is 0. The van der Waals surface area contributed by atoms with E-state index in [1.165, 1.54) is 17.3 Å². The standard InChI is InChI=1S/C36H49FN4O2/c1-6-41-34(22-31(38-41)19-26-11-8-7-9-12-26)27-15-17-40(18-16-27)24-29-21-32(43-35(42)25-39(5)36(2,3)4)23-33(29)28-13-10-14-30(37)20-28/h7-14,20,22,27,29,32-33H,6,15-19,21,23-25H2,1-5H3/t29-,32+,33-/m1/s1. The van der Waals surface area contributed by atoms with Crippen molar-refractivity contribution < 1.29 is 13.9 Å². The lowest BCUT2D eigenvalue weighted by molar-refractivity contribution is -0.151. The molecule has 0 spiro atoms. The summed E-state index contributed by atoms with van der Waals surface area (Å²) in [6, 6.07) is 19.9. The maximum absolute atomic E-state index is 14.3. The Morgan fingerprint density at radius 3 is 2.47 bits per heavy atom. The number of aromatic nitrogens is 2. The first-order valence-electron chi connectivity index (χ1n) is 16.1. The van der Waals surface area contributed by atoms with Crippen LogP contribution in [-0.4, -0.2) is 70.4 Å². The topological polar surface area (TPSA) is 50.6 Å². The molecule has 2 heterocycles. The van der Waals surface area contributed by atoms with Crippen LogP contribution in [0.3, 0.4) is 0 Å². The second-order valence-electron chi connectivity index (χ2n) is 13.6. The molecule has 1 aliphatic heterocycles. The molecular weight excluding hydrogens is 539 g/mol. The van der Waals surface area contributed by atoms with E-state index in [9.17, 15) is 9.18 Å². The average molecular weight is 589 g/mol. The van der Waals surface area contributed by atoms with Crippen LogP contribution < -0.4 is 0 Å². The molecule has 3 atom stereocenters. The molecule has 0 bridgehead atoms. The molecule has 1 aliphatic carbocycles. The fourth-order valence-corrected chi connectivity index (χ4v) is 6.87. The van der Waals surface area contributed by atoms with Crippen LogP contribution in [0.1, 0.15) is 87.7 Å². The van der Waals surface area contributed by atoms with E-state index in [0.29, 0.717) is 11.8 Å². The van der Waals surface area contributed by atoms with E-state index in [1.807, 2.05) is 18.0 Å². The summed E-state index contributed by atoms with van der Waals surface area (Å²) in [5, 5.41) is 4.94. The third-order valence-corrected chi connectivity index (χ3v) is 9.63. The van der Waals surface area contributed by atoms with Crippen LogP contribution >= 0.6 is 0 Å². The van der Waals surface area contributed by atoms with Crippen LogP contribution in [0.5, 0.6) is 0 Å². The molecule has 0 unspecified atom stereocenters. The third-order valence-electron chi connectivity index (χ3n) is 9.63. The van der Waals surface area contributed by atoms with E-state index in [4.69, 9.17) is 9.84 Å². The van der Waals surface area contributed by atoms with Gasteiger partial charge in [0, 0.05) is 36.7 Å². The van der Waals surface area contributed by atoms with Gasteiger partial charge >= 0.3 is 5.97 Å². The number of hydrogen-bond donors (Lipinski definition) is 0. The minimum Gasteiger partial charge on any atom is -0.461 e. The van der Waals surface area contributed by atoms with Crippen molar-refractivity contribution in [3.8, 4) is 0 Å². The number of esters is 1. The van der Waals surface area contributed by atoms with Gasteiger partial charge in [0.15, 0.2) is 0 Å². The first-order chi connectivity index (χ1) is 20.6. The molecule has 232 valence electrons. The highest BCUT2D eigenvalue weighted by Crippen LogP contribution is 2.42. The van der Waals surface area contributed by atoms with Gasteiger partial charge in [-0.25, -0.2) is 4.39 Å². The van der Waals surface area contributed by atoms with Crippen molar-refractivity contribution in [2.45, 2.75) is 89.8 Å². The Kier molecular flexibility index (Phi) is 10.0. The first kappa shape index (κ1) is 31.4. The molecule has 43 heavy (non-hydrogen) atoms. The first-order valence-corrected chi connectivity index (χ1v) is 16.1. The van der Waals surface area contributed by atoms with E-state index >= 15 is 0 Å². The van der Waals surface area contributed by atoms with E-state index in [1.54, 1.807) is 12.1 Å². The zero-order chi connectivity index (χ0) is 30.6. The zero-order valence-electron chi connectivity index (χ0n) is 26.6. The van der Waals surface area contributed by atoms with Gasteiger partial charge < -0.3 is 9.64 Å². The fourth-order valence-electron chi connectivity index (χ4n) is 6.87. The van der Waals surface area contributed by atoms with Crippen molar-refractivity contribution in [2.24, 2.45) is 5.92 Å². The lowest BCUT2D eigenvalue weighted by Gasteiger charge is -2.35. The number of carbonyl (C=O) groups is 1. The summed E-state index contributed by atoms with van der Waals surface area (Å²) in [4.78, 5) is 17.4. The zero-order valence-corrected chi connectivity index (χ0v) is 26.6. The molecule has 5 rings (SSSR count). The van der Waals surface area contributed by atoms with Crippen molar-refractivity contribution >= 4 is 5.97 Å². The van der Waals surface area contributed by atoms with Crippen LogP contribution in [-0.2, 0) is 22.5 Å². The van der Waals surface area contributed by atoms with Gasteiger partial charge in [0.25, 0.3) is 0 Å². The number of piperidine rings is 1. The van der Waals surface area contributed by atoms with Gasteiger partial charge in [-0.3, -0.25) is 14.4 Å². The van der Waals surface area contributed by atoms with Crippen molar-refractivity contribution in [1.29, 1.82) is 0 Å². The van der Waals surface area contributed by atoms with Gasteiger partial charge in [-0.05, 0) is 115 Å². The number of ether oxygens (including phenoxy) is 1. The van der Waals surface area contributed by atoms with Gasteiger partial charge in [0.05, 0.1) is 12.2 Å². The van der Waals surface area contributed by atoms with Gasteiger partial charge in [-0.1, -0.05) is 42.5 Å². The molecule has 2 aliphatic rings. The van der Waals surface area contributed by atoms with Crippen LogP contribution in [0.2, 0.25) is 0 Å². The Labute approximate surface area is 257 Å². The number of nitrogens with zero attached hydrogens (tertiary/aromatic N) is 4. The molecule has 1 saturated carbocycles. The average Bonchev–Trinajstić information content (AvgIpc) is 3.57. The Morgan fingerprint density at radius 2 is 1.79 bits per heavy atom. The normalized spacial score (nSPS) is 21.9. The predicted octanol–water partition coefficient (Wildman–Crippen LogP) is 6.65. The number of likely N-dealkylation sites (N-methyl/N-ethyl adjacent to an activating group) is 1. The highest BCUT2D eigenvalue weighted by molar-refractivity contribution is 5.72. The van der Waals surface area contributed by atoms with Crippen molar-refractivity contribution in [1.82, 2.24) is 19.6 Å². The molecule has 0 N–H and O–H groups in total. The lowest BCUT2D eigenvalue weighted by atomic mass is 9.87. The Balaban J connectivity index is 1.21. The Hall–Kier alpha value is -3.03. The van der Waals surface area contributed by atoms with E-state index in [-0.39, 0.29) is 35.9 Å². The van der Waals surface area contributed by atoms with E-state index in [0.717, 1.165) is 69.5 Å². The molecule has 2 fully saturated rings. The Bertz CT molecular complexity index is 1340. The molecule has 0 radical (unpaired) electrons. The molecule has 6 nitrogen and oxygen atoms in total. The molecule has 2 aromatic carbocycles.